The Morgan fingerprint density at radius 1 is 1.20 bits per heavy atom. The molecule has 1 aliphatic heterocycles. The molecule has 35 heavy (non-hydrogen) atoms. The lowest BCUT2D eigenvalue weighted by Crippen LogP contribution is -2.29. The molecule has 12 heteroatoms. The second-order valence-electron chi connectivity index (χ2n) is 9.25. The van der Waals surface area contributed by atoms with E-state index in [1.54, 1.807) is 0 Å². The number of hydrogen-bond acceptors (Lipinski definition) is 8. The molecule has 0 aromatic carbocycles. The normalized spacial score (nSPS) is 21.7. The Labute approximate surface area is 211 Å². The fourth-order valence-corrected chi connectivity index (χ4v) is 6.16. The molecule has 1 fully saturated rings. The van der Waals surface area contributed by atoms with Crippen LogP contribution in [0, 0.1) is 18.8 Å². The molecule has 1 amide bonds. The topological polar surface area (TPSA) is 80.6 Å². The van der Waals surface area contributed by atoms with Crippen molar-refractivity contribution in [3.05, 3.63) is 21.4 Å². The van der Waals surface area contributed by atoms with Crippen LogP contribution in [-0.4, -0.2) is 63.8 Å². The fraction of sp³-hybridized carbons (Fsp3) is 0.696. The second kappa shape index (κ2) is 11.9. The number of amides is 1. The van der Waals surface area contributed by atoms with E-state index in [0.717, 1.165) is 75.2 Å². The Bertz CT molecular complexity index is 990. The third kappa shape index (κ3) is 8.32. The van der Waals surface area contributed by atoms with Gasteiger partial charge in [0.2, 0.25) is 0 Å². The van der Waals surface area contributed by atoms with E-state index >= 15 is 0 Å². The Kier molecular flexibility index (Phi) is 8.87. The van der Waals surface area contributed by atoms with Gasteiger partial charge in [0.1, 0.15) is 10.8 Å². The summed E-state index contributed by atoms with van der Waals surface area (Å²) in [6.45, 7) is 3.31. The van der Waals surface area contributed by atoms with Crippen LogP contribution in [0.2, 0.25) is 0 Å². The van der Waals surface area contributed by atoms with Gasteiger partial charge in [-0.1, -0.05) is 11.3 Å². The van der Waals surface area contributed by atoms with E-state index < -0.39 is 12.8 Å². The fourth-order valence-electron chi connectivity index (χ4n) is 4.58. The highest BCUT2D eigenvalue weighted by Gasteiger charge is 2.30. The Morgan fingerprint density at radius 2 is 1.97 bits per heavy atom. The first kappa shape index (κ1) is 26.2. The minimum Gasteiger partial charge on any atom is -0.460 e. The first-order chi connectivity index (χ1) is 16.7. The Hall–Kier alpha value is -1.92. The molecule has 0 spiro atoms. The summed E-state index contributed by atoms with van der Waals surface area (Å²) in [4.78, 5) is 28.2. The van der Waals surface area contributed by atoms with Crippen LogP contribution in [0.1, 0.15) is 53.5 Å². The van der Waals surface area contributed by atoms with Crippen molar-refractivity contribution in [3.8, 4) is 5.19 Å². The van der Waals surface area contributed by atoms with Gasteiger partial charge < -0.3 is 9.64 Å². The van der Waals surface area contributed by atoms with Crippen molar-refractivity contribution in [2.75, 3.05) is 26.2 Å². The Balaban J connectivity index is 1.13. The number of aliphatic imine (C=N–C) groups is 1. The molecular weight excluding hydrogens is 499 g/mol. The molecule has 0 atom stereocenters. The molecule has 0 saturated heterocycles. The molecule has 3 heterocycles. The monoisotopic (exact) mass is 529 g/mol. The number of rotatable bonds is 8. The van der Waals surface area contributed by atoms with Crippen molar-refractivity contribution < 1.29 is 22.7 Å². The average Bonchev–Trinajstić information content (AvgIpc) is 3.36. The molecule has 2 aromatic rings. The summed E-state index contributed by atoms with van der Waals surface area (Å²) in [7, 11) is 0. The smallest absolute Gasteiger partial charge is 0.422 e. The van der Waals surface area contributed by atoms with Crippen LogP contribution in [0.25, 0.3) is 0 Å². The summed E-state index contributed by atoms with van der Waals surface area (Å²) < 4.78 is 46.0. The van der Waals surface area contributed by atoms with E-state index in [0.29, 0.717) is 22.7 Å². The van der Waals surface area contributed by atoms with Crippen molar-refractivity contribution in [2.24, 2.45) is 16.8 Å². The first-order valence-corrected chi connectivity index (χ1v) is 13.6. The summed E-state index contributed by atoms with van der Waals surface area (Å²) in [5, 5.41) is 0.834. The first-order valence-electron chi connectivity index (χ1n) is 12.0. The molecule has 2 aliphatic rings. The van der Waals surface area contributed by atoms with E-state index in [9.17, 15) is 18.0 Å². The van der Waals surface area contributed by atoms with Gasteiger partial charge in [0, 0.05) is 30.6 Å². The van der Waals surface area contributed by atoms with Crippen molar-refractivity contribution in [2.45, 2.75) is 64.5 Å². The molecule has 1 aliphatic carbocycles. The van der Waals surface area contributed by atoms with Crippen molar-refractivity contribution in [1.82, 2.24) is 19.2 Å². The number of nitrogens with zero attached hydrogens (tertiary/aromatic N) is 5. The molecule has 4 rings (SSSR count). The predicted molar refractivity (Wildman–Crippen MR) is 129 cm³/mol. The summed E-state index contributed by atoms with van der Waals surface area (Å²) in [6, 6.07) is 0. The predicted octanol–water partition coefficient (Wildman–Crippen LogP) is 4.68. The molecule has 0 N–H and O–H groups in total. The van der Waals surface area contributed by atoms with E-state index in [-0.39, 0.29) is 17.5 Å². The van der Waals surface area contributed by atoms with Crippen LogP contribution in [0.3, 0.4) is 0 Å². The molecule has 0 radical (unpaired) electrons. The zero-order valence-corrected chi connectivity index (χ0v) is 21.4. The Morgan fingerprint density at radius 3 is 2.69 bits per heavy atom. The zero-order chi connectivity index (χ0) is 24.8. The van der Waals surface area contributed by atoms with Crippen LogP contribution in [-0.2, 0) is 24.1 Å². The standard InChI is InChI=1S/C23H30F3N5O2S2/c1-15-28-21(35-30-15)12-20(32)27-13-17-4-2-16(3-5-17)6-9-31-10-7-18-19(8-11-31)34-22(29-18)33-14-23(24,25)26/h13,16-17H,2-12,14H2,1H3. The lowest BCUT2D eigenvalue weighted by Gasteiger charge is -2.28. The number of alkyl halides is 3. The van der Waals surface area contributed by atoms with Gasteiger partial charge in [-0.15, -0.1) is 0 Å². The zero-order valence-electron chi connectivity index (χ0n) is 19.7. The summed E-state index contributed by atoms with van der Waals surface area (Å²) in [6.07, 6.45) is 4.79. The largest absolute Gasteiger partial charge is 0.460 e. The number of carbonyl (C=O) groups is 1. The van der Waals surface area contributed by atoms with E-state index in [4.69, 9.17) is 4.74 Å². The molecular formula is C23H30F3N5O2S2. The van der Waals surface area contributed by atoms with Gasteiger partial charge in [-0.05, 0) is 75.4 Å². The number of aryl methyl sites for hydroxylation is 1. The third-order valence-corrected chi connectivity index (χ3v) is 8.36. The molecule has 0 unspecified atom stereocenters. The molecule has 0 bridgehead atoms. The number of halogens is 3. The minimum atomic E-state index is -4.34. The summed E-state index contributed by atoms with van der Waals surface area (Å²) >= 11 is 2.50. The van der Waals surface area contributed by atoms with Crippen LogP contribution >= 0.6 is 22.9 Å². The number of hydrogen-bond donors (Lipinski definition) is 0. The summed E-state index contributed by atoms with van der Waals surface area (Å²) in [5.41, 5.74) is 0.880. The van der Waals surface area contributed by atoms with Gasteiger partial charge >= 0.3 is 6.18 Å². The maximum absolute atomic E-state index is 12.4. The summed E-state index contributed by atoms with van der Waals surface area (Å²) in [5.74, 6) is 1.57. The SMILES string of the molecule is Cc1nsc(CC(=O)N=CC2CCC(CCN3CCc4nc(OCC(F)(F)F)sc4CC3)CC2)n1. The quantitative estimate of drug-likeness (QED) is 0.462. The van der Waals surface area contributed by atoms with Crippen LogP contribution < -0.4 is 4.74 Å². The number of fused-ring (bicyclic) bond motifs is 1. The number of carbonyl (C=O) groups excluding carboxylic acids is 1. The van der Waals surface area contributed by atoms with E-state index in [2.05, 4.69) is 24.2 Å². The van der Waals surface area contributed by atoms with Gasteiger partial charge in [0.15, 0.2) is 6.61 Å². The highest BCUT2D eigenvalue weighted by Crippen LogP contribution is 2.32. The molecule has 7 nitrogen and oxygen atoms in total. The average molecular weight is 530 g/mol. The molecule has 192 valence electrons. The van der Waals surface area contributed by atoms with Crippen LogP contribution in [0.5, 0.6) is 5.19 Å². The van der Waals surface area contributed by atoms with Crippen molar-refractivity contribution in [3.63, 3.8) is 0 Å². The lowest BCUT2D eigenvalue weighted by molar-refractivity contribution is -0.153. The van der Waals surface area contributed by atoms with Crippen LogP contribution in [0.15, 0.2) is 4.99 Å². The highest BCUT2D eigenvalue weighted by molar-refractivity contribution is 7.13. The van der Waals surface area contributed by atoms with E-state index in [1.807, 2.05) is 13.1 Å². The number of ether oxygens (including phenoxy) is 1. The van der Waals surface area contributed by atoms with Gasteiger partial charge in [-0.3, -0.25) is 4.79 Å². The lowest BCUT2D eigenvalue weighted by atomic mass is 9.81. The van der Waals surface area contributed by atoms with Crippen molar-refractivity contribution >= 4 is 35.0 Å². The van der Waals surface area contributed by atoms with Gasteiger partial charge in [-0.25, -0.2) is 15.0 Å². The maximum atomic E-state index is 12.4. The number of thiazole rings is 1. The second-order valence-corrected chi connectivity index (χ2v) is 11.1. The molecule has 1 saturated carbocycles. The van der Waals surface area contributed by atoms with E-state index in [1.165, 1.54) is 22.9 Å². The highest BCUT2D eigenvalue weighted by atomic mass is 32.1. The van der Waals surface area contributed by atoms with Gasteiger partial charge in [0.25, 0.3) is 11.1 Å². The van der Waals surface area contributed by atoms with Crippen molar-refractivity contribution in [1.29, 1.82) is 0 Å². The molecule has 2 aromatic heterocycles. The van der Waals surface area contributed by atoms with Crippen LogP contribution in [0.4, 0.5) is 13.2 Å². The van der Waals surface area contributed by atoms with Gasteiger partial charge in [-0.2, -0.15) is 17.5 Å². The third-order valence-electron chi connectivity index (χ3n) is 6.48. The minimum absolute atomic E-state index is 0.123. The van der Waals surface area contributed by atoms with Gasteiger partial charge in [0.05, 0.1) is 12.1 Å². The number of aromatic nitrogens is 3. The maximum Gasteiger partial charge on any atom is 0.422 e.